The lowest BCUT2D eigenvalue weighted by atomic mass is 9.71. The summed E-state index contributed by atoms with van der Waals surface area (Å²) in [5, 5.41) is 21.2. The monoisotopic (exact) mass is 492 g/mol. The minimum Gasteiger partial charge on any atom is -0.465 e. The molecule has 0 atom stereocenters. The summed E-state index contributed by atoms with van der Waals surface area (Å²) in [5.74, 6) is -0.158. The first-order valence-electron chi connectivity index (χ1n) is 11.1. The van der Waals surface area contributed by atoms with Gasteiger partial charge in [0.1, 0.15) is 12.2 Å². The molecule has 0 radical (unpaired) electrons. The van der Waals surface area contributed by atoms with E-state index in [-0.39, 0.29) is 18.4 Å². The quantitative estimate of drug-likeness (QED) is 0.347. The summed E-state index contributed by atoms with van der Waals surface area (Å²) >= 11 is 0. The number of nitrogens with one attached hydrogen (secondary N) is 1. The van der Waals surface area contributed by atoms with E-state index in [4.69, 9.17) is 9.72 Å². The van der Waals surface area contributed by atoms with Crippen molar-refractivity contribution in [3.8, 4) is 34.3 Å². The van der Waals surface area contributed by atoms with Gasteiger partial charge in [0.05, 0.1) is 17.3 Å². The molecule has 5 rings (SSSR count). The molecule has 0 spiro atoms. The van der Waals surface area contributed by atoms with Crippen molar-refractivity contribution >= 4 is 22.6 Å². The first kappa shape index (κ1) is 23.0. The minimum atomic E-state index is -3.31. The number of aromatic nitrogens is 1. The van der Waals surface area contributed by atoms with Gasteiger partial charge in [-0.05, 0) is 36.5 Å². The largest absolute Gasteiger partial charge is 0.465 e. The Morgan fingerprint density at radius 3 is 2.46 bits per heavy atom. The number of anilines is 1. The molecular weight excluding hydrogens is 468 g/mol. The second-order valence-corrected chi connectivity index (χ2v) is 10.5. The highest BCUT2D eigenvalue weighted by Gasteiger charge is 2.40. The first-order chi connectivity index (χ1) is 16.8. The average molecular weight is 493 g/mol. The molecule has 35 heavy (non-hydrogen) atoms. The van der Waals surface area contributed by atoms with Crippen molar-refractivity contribution in [3.05, 3.63) is 66.2 Å². The Morgan fingerprint density at radius 1 is 1.14 bits per heavy atom. The number of amides is 1. The Balaban J connectivity index is 1.62. The Hall–Kier alpha value is -3.78. The van der Waals surface area contributed by atoms with E-state index in [0.29, 0.717) is 11.4 Å². The summed E-state index contributed by atoms with van der Waals surface area (Å²) in [7, 11) is -3.31. The molecule has 1 aliphatic heterocycles. The van der Waals surface area contributed by atoms with Crippen LogP contribution < -0.4 is 14.4 Å². The van der Waals surface area contributed by atoms with Crippen LogP contribution in [-0.2, 0) is 5.54 Å². The van der Waals surface area contributed by atoms with Crippen molar-refractivity contribution in [1.29, 1.82) is 5.26 Å². The molecule has 1 saturated carbocycles. The van der Waals surface area contributed by atoms with Crippen LogP contribution in [0.4, 0.5) is 10.5 Å². The van der Waals surface area contributed by atoms with Crippen LogP contribution in [0.1, 0.15) is 24.8 Å². The van der Waals surface area contributed by atoms with Gasteiger partial charge in [-0.2, -0.15) is 5.26 Å². The number of hydrogen-bond acceptors (Lipinski definition) is 7. The number of carboxylic acid groups (broad SMARTS) is 1. The maximum Gasteiger partial charge on any atom is 0.405 e. The number of pyridine rings is 1. The van der Waals surface area contributed by atoms with Gasteiger partial charge >= 0.3 is 6.09 Å². The Kier molecular flexibility index (Phi) is 5.76. The van der Waals surface area contributed by atoms with Gasteiger partial charge in [0, 0.05) is 11.1 Å². The molecule has 180 valence electrons. The maximum atomic E-state index is 11.3. The van der Waals surface area contributed by atoms with Crippen molar-refractivity contribution in [3.63, 3.8) is 0 Å². The van der Waals surface area contributed by atoms with Gasteiger partial charge in [0.25, 0.3) is 0 Å². The lowest BCUT2D eigenvalue weighted by molar-refractivity contribution is 0.144. The highest BCUT2D eigenvalue weighted by Crippen LogP contribution is 2.54. The number of carbonyl (C=O) groups is 1. The smallest absolute Gasteiger partial charge is 0.405 e. The molecule has 2 heterocycles. The van der Waals surface area contributed by atoms with E-state index in [0.717, 1.165) is 41.5 Å². The second kappa shape index (κ2) is 8.78. The van der Waals surface area contributed by atoms with Crippen LogP contribution in [0.3, 0.4) is 0 Å². The number of nitriles is 1. The summed E-state index contributed by atoms with van der Waals surface area (Å²) < 4.78 is 27.8. The molecule has 3 aromatic rings. The van der Waals surface area contributed by atoms with E-state index in [2.05, 4.69) is 5.32 Å². The van der Waals surface area contributed by atoms with Gasteiger partial charge in [0.2, 0.25) is 5.88 Å². The second-order valence-electron chi connectivity index (χ2n) is 8.61. The highest BCUT2D eigenvalue weighted by molar-refractivity contribution is 8.25. The molecule has 4 N–H and O–H groups in total. The molecule has 0 saturated heterocycles. The standard InChI is InChI=1S/C25H24N4O5S/c26-13-14-29-21-15-20(17-5-2-1-3-6-17)22(27-23(21)34-16-35(29,32)33)18-7-9-19(10-8-18)25(11-4-12-25)28-24(30)31/h1-3,5-10,15,28,32-33H,4,11-12,14,16H2,(H,30,31). The zero-order chi connectivity index (χ0) is 24.6. The maximum absolute atomic E-state index is 11.3. The van der Waals surface area contributed by atoms with Gasteiger partial charge in [-0.25, -0.2) is 14.1 Å². The molecule has 2 aromatic carbocycles. The van der Waals surface area contributed by atoms with E-state index < -0.39 is 22.4 Å². The van der Waals surface area contributed by atoms with Crippen molar-refractivity contribution in [2.75, 3.05) is 16.8 Å². The molecule has 1 amide bonds. The van der Waals surface area contributed by atoms with E-state index in [1.54, 1.807) is 6.07 Å². The van der Waals surface area contributed by atoms with Crippen molar-refractivity contribution < 1.29 is 23.7 Å². The topological polar surface area (TPSA) is 139 Å². The summed E-state index contributed by atoms with van der Waals surface area (Å²) in [6.07, 6.45) is 1.42. The number of rotatable bonds is 5. The predicted octanol–water partition coefficient (Wildman–Crippen LogP) is 5.41. The van der Waals surface area contributed by atoms with E-state index in [1.807, 2.05) is 60.7 Å². The van der Waals surface area contributed by atoms with Gasteiger partial charge in [-0.3, -0.25) is 9.11 Å². The van der Waals surface area contributed by atoms with E-state index in [1.165, 1.54) is 4.31 Å². The lowest BCUT2D eigenvalue weighted by Gasteiger charge is -2.45. The molecule has 2 aliphatic rings. The number of hydrogen-bond donors (Lipinski definition) is 4. The summed E-state index contributed by atoms with van der Waals surface area (Å²) in [6.45, 7) is -0.221. The van der Waals surface area contributed by atoms with Crippen molar-refractivity contribution in [2.24, 2.45) is 0 Å². The Morgan fingerprint density at radius 2 is 1.86 bits per heavy atom. The van der Waals surface area contributed by atoms with E-state index in [9.17, 15) is 24.3 Å². The van der Waals surface area contributed by atoms with E-state index >= 15 is 0 Å². The van der Waals surface area contributed by atoms with Crippen LogP contribution in [0.25, 0.3) is 22.4 Å². The van der Waals surface area contributed by atoms with Crippen LogP contribution >= 0.6 is 10.8 Å². The molecule has 10 heteroatoms. The van der Waals surface area contributed by atoms with Crippen LogP contribution in [-0.4, -0.2) is 37.8 Å². The summed E-state index contributed by atoms with van der Waals surface area (Å²) in [4.78, 5) is 16.1. The average Bonchev–Trinajstić information content (AvgIpc) is 2.83. The van der Waals surface area contributed by atoms with Crippen LogP contribution in [0.15, 0.2) is 60.7 Å². The van der Waals surface area contributed by atoms with Crippen molar-refractivity contribution in [1.82, 2.24) is 10.3 Å². The fourth-order valence-electron chi connectivity index (χ4n) is 4.61. The molecule has 1 aromatic heterocycles. The molecule has 0 unspecified atom stereocenters. The van der Waals surface area contributed by atoms with Crippen LogP contribution in [0.2, 0.25) is 0 Å². The third-order valence-electron chi connectivity index (χ3n) is 6.51. The summed E-state index contributed by atoms with van der Waals surface area (Å²) in [6, 6.07) is 21.0. The first-order valence-corrected chi connectivity index (χ1v) is 12.8. The zero-order valence-corrected chi connectivity index (χ0v) is 19.5. The SMILES string of the molecule is N#CCN1c2cc(-c3ccccc3)c(-c3ccc(C4(NC(=O)O)CCC4)cc3)nc2OCS1(O)O. The number of nitrogens with zero attached hydrogens (tertiary/aromatic N) is 3. The highest BCUT2D eigenvalue weighted by atomic mass is 32.3. The lowest BCUT2D eigenvalue weighted by Crippen LogP contribution is -2.50. The fraction of sp³-hybridized carbons (Fsp3) is 0.240. The molecule has 1 aliphatic carbocycles. The zero-order valence-electron chi connectivity index (χ0n) is 18.7. The van der Waals surface area contributed by atoms with Crippen LogP contribution in [0.5, 0.6) is 5.88 Å². The summed E-state index contributed by atoms with van der Waals surface area (Å²) in [5.41, 5.74) is 3.71. The molecule has 1 fully saturated rings. The minimum absolute atomic E-state index is 0.216. The molecule has 9 nitrogen and oxygen atoms in total. The van der Waals surface area contributed by atoms with Crippen LogP contribution in [0, 0.1) is 11.3 Å². The molecule has 0 bridgehead atoms. The van der Waals surface area contributed by atoms with Gasteiger partial charge in [0.15, 0.2) is 5.94 Å². The Labute approximate surface area is 204 Å². The number of fused-ring (bicyclic) bond motifs is 1. The van der Waals surface area contributed by atoms with Crippen molar-refractivity contribution in [2.45, 2.75) is 24.8 Å². The number of benzene rings is 2. The molecular formula is C25H24N4O5S. The third kappa shape index (κ3) is 4.14. The third-order valence-corrected chi connectivity index (χ3v) is 7.97. The Bertz CT molecular complexity index is 1300. The fourth-order valence-corrected chi connectivity index (χ4v) is 5.71. The normalized spacial score (nSPS) is 18.3. The number of ether oxygens (including phenoxy) is 1. The van der Waals surface area contributed by atoms with Gasteiger partial charge < -0.3 is 15.2 Å². The van der Waals surface area contributed by atoms with Gasteiger partial charge in [-0.1, -0.05) is 65.4 Å². The predicted molar refractivity (Wildman–Crippen MR) is 133 cm³/mol. The van der Waals surface area contributed by atoms with Gasteiger partial charge in [-0.15, -0.1) is 0 Å².